The van der Waals surface area contributed by atoms with Crippen molar-refractivity contribution in [3.63, 3.8) is 0 Å². The monoisotopic (exact) mass is 337 g/mol. The zero-order valence-electron chi connectivity index (χ0n) is 10.2. The van der Waals surface area contributed by atoms with Gasteiger partial charge in [0.05, 0.1) is 0 Å². The van der Waals surface area contributed by atoms with Gasteiger partial charge in [0.1, 0.15) is 5.60 Å². The average Bonchev–Trinajstić information content (AvgIpc) is 2.15. The fourth-order valence-corrected chi connectivity index (χ4v) is 3.77. The molecular weight excluding hydrogens is 317 g/mol. The Morgan fingerprint density at radius 2 is 2.06 bits per heavy atom. The molecule has 3 aliphatic rings. The molecule has 3 nitrogen and oxygen atoms in total. The first-order valence-electron chi connectivity index (χ1n) is 6.00. The van der Waals surface area contributed by atoms with Crippen LogP contribution in [-0.4, -0.2) is 33.1 Å². The molecule has 2 saturated heterocycles. The summed E-state index contributed by atoms with van der Waals surface area (Å²) in [4.78, 5) is 14.0. The van der Waals surface area contributed by atoms with Crippen LogP contribution in [0, 0.1) is 5.92 Å². The van der Waals surface area contributed by atoms with Gasteiger partial charge in [0.25, 0.3) is 0 Å². The molecule has 1 saturated carbocycles. The van der Waals surface area contributed by atoms with Gasteiger partial charge >= 0.3 is 6.09 Å². The highest BCUT2D eigenvalue weighted by Gasteiger charge is 2.42. The lowest BCUT2D eigenvalue weighted by molar-refractivity contribution is -0.00953. The summed E-state index contributed by atoms with van der Waals surface area (Å²) in [5.41, 5.74) is -0.377. The molecule has 0 spiro atoms. The van der Waals surface area contributed by atoms with Crippen molar-refractivity contribution in [3.05, 3.63) is 0 Å². The van der Waals surface area contributed by atoms with Crippen LogP contribution in [0.2, 0.25) is 0 Å². The minimum absolute atomic E-state index is 0.120. The highest BCUT2D eigenvalue weighted by Crippen LogP contribution is 2.39. The second-order valence-electron chi connectivity index (χ2n) is 5.88. The molecular formula is C12H20INO2. The predicted molar refractivity (Wildman–Crippen MR) is 71.9 cm³/mol. The van der Waals surface area contributed by atoms with E-state index in [-0.39, 0.29) is 11.7 Å². The summed E-state index contributed by atoms with van der Waals surface area (Å²) in [5, 5.41) is 0. The van der Waals surface area contributed by atoms with E-state index in [9.17, 15) is 4.79 Å². The Bertz CT molecular complexity index is 287. The summed E-state index contributed by atoms with van der Waals surface area (Å²) >= 11 is 2.53. The van der Waals surface area contributed by atoms with E-state index in [1.807, 2.05) is 25.7 Å². The Hall–Kier alpha value is 0. The molecule has 1 unspecified atom stereocenters. The molecule has 2 bridgehead atoms. The Morgan fingerprint density at radius 3 is 2.50 bits per heavy atom. The number of ether oxygens (including phenoxy) is 1. The van der Waals surface area contributed by atoms with E-state index in [4.69, 9.17) is 4.74 Å². The summed E-state index contributed by atoms with van der Waals surface area (Å²) in [5.74, 6) is 0.679. The molecule has 2 heterocycles. The van der Waals surface area contributed by atoms with E-state index in [0.29, 0.717) is 12.0 Å². The molecule has 92 valence electrons. The van der Waals surface area contributed by atoms with E-state index in [0.717, 1.165) is 23.3 Å². The van der Waals surface area contributed by atoms with Crippen LogP contribution < -0.4 is 0 Å². The van der Waals surface area contributed by atoms with Crippen LogP contribution in [0.5, 0.6) is 0 Å². The van der Waals surface area contributed by atoms with Crippen molar-refractivity contribution in [1.29, 1.82) is 0 Å². The molecule has 16 heavy (non-hydrogen) atoms. The minimum Gasteiger partial charge on any atom is -0.444 e. The molecule has 3 rings (SSSR count). The van der Waals surface area contributed by atoms with Crippen molar-refractivity contribution in [3.8, 4) is 0 Å². The Morgan fingerprint density at radius 1 is 1.38 bits per heavy atom. The summed E-state index contributed by atoms with van der Waals surface area (Å²) in [7, 11) is 0. The Balaban J connectivity index is 1.99. The van der Waals surface area contributed by atoms with Gasteiger partial charge in [-0.2, -0.15) is 0 Å². The van der Waals surface area contributed by atoms with Crippen molar-refractivity contribution < 1.29 is 9.53 Å². The number of halogens is 1. The molecule has 1 amide bonds. The molecule has 3 atom stereocenters. The number of fused-ring (bicyclic) bond motifs is 3. The van der Waals surface area contributed by atoms with Gasteiger partial charge < -0.3 is 9.64 Å². The topological polar surface area (TPSA) is 29.5 Å². The highest BCUT2D eigenvalue weighted by atomic mass is 127. The first-order chi connectivity index (χ1) is 7.37. The van der Waals surface area contributed by atoms with Crippen molar-refractivity contribution in [1.82, 2.24) is 4.90 Å². The Labute approximate surface area is 111 Å². The molecule has 0 radical (unpaired) electrons. The maximum atomic E-state index is 12.0. The predicted octanol–water partition coefficient (Wildman–Crippen LogP) is 3.21. The van der Waals surface area contributed by atoms with Crippen LogP contribution >= 0.6 is 22.6 Å². The number of piperidine rings is 2. The third-order valence-corrected chi connectivity index (χ3v) is 4.90. The number of amides is 1. The van der Waals surface area contributed by atoms with Crippen molar-refractivity contribution in [2.24, 2.45) is 5.92 Å². The molecule has 1 aliphatic carbocycles. The summed E-state index contributed by atoms with van der Waals surface area (Å²) in [6, 6.07) is 0.418. The quantitative estimate of drug-likeness (QED) is 0.502. The number of carbonyl (C=O) groups excluding carboxylic acids is 1. The van der Waals surface area contributed by atoms with Gasteiger partial charge in [0, 0.05) is 16.5 Å². The molecule has 2 aliphatic heterocycles. The molecule has 3 fully saturated rings. The standard InChI is InChI=1S/C12H20INO2/c1-12(2,3)16-11(15)14-7-8-4-5-9(14)6-10(8)13/h8-10H,4-7H2,1-3H3/t8?,9-,10-/m1/s1. The van der Waals surface area contributed by atoms with Gasteiger partial charge in [0.2, 0.25) is 0 Å². The van der Waals surface area contributed by atoms with E-state index < -0.39 is 0 Å². The summed E-state index contributed by atoms with van der Waals surface area (Å²) < 4.78 is 6.20. The number of hydrogen-bond acceptors (Lipinski definition) is 2. The molecule has 0 N–H and O–H groups in total. The van der Waals surface area contributed by atoms with Gasteiger partial charge in [-0.15, -0.1) is 0 Å². The number of rotatable bonds is 0. The third-order valence-electron chi connectivity index (χ3n) is 3.38. The lowest BCUT2D eigenvalue weighted by Gasteiger charge is -2.47. The van der Waals surface area contributed by atoms with Gasteiger partial charge in [-0.1, -0.05) is 22.6 Å². The SMILES string of the molecule is CC(C)(C)OC(=O)N1CC2CC[C@@H]1C[C@H]2I. The van der Waals surface area contributed by atoms with Crippen molar-refractivity contribution in [2.75, 3.05) is 6.54 Å². The van der Waals surface area contributed by atoms with Crippen LogP contribution in [0.1, 0.15) is 40.0 Å². The van der Waals surface area contributed by atoms with Crippen LogP contribution in [0.15, 0.2) is 0 Å². The number of hydrogen-bond donors (Lipinski definition) is 0. The molecule has 0 aromatic heterocycles. The summed E-state index contributed by atoms with van der Waals surface area (Å²) in [6.07, 6.45) is 3.45. The second kappa shape index (κ2) is 4.35. The molecule has 0 aromatic rings. The van der Waals surface area contributed by atoms with Crippen LogP contribution in [0.25, 0.3) is 0 Å². The van der Waals surface area contributed by atoms with Crippen LogP contribution in [0.3, 0.4) is 0 Å². The van der Waals surface area contributed by atoms with E-state index in [1.54, 1.807) is 0 Å². The van der Waals surface area contributed by atoms with Crippen LogP contribution in [-0.2, 0) is 4.74 Å². The number of carbonyl (C=O) groups is 1. The van der Waals surface area contributed by atoms with E-state index in [2.05, 4.69) is 22.6 Å². The fourth-order valence-electron chi connectivity index (χ4n) is 2.59. The highest BCUT2D eigenvalue weighted by molar-refractivity contribution is 14.1. The molecule has 0 aromatic carbocycles. The molecule has 4 heteroatoms. The van der Waals surface area contributed by atoms with Crippen molar-refractivity contribution >= 4 is 28.7 Å². The lowest BCUT2D eigenvalue weighted by atomic mass is 9.80. The number of nitrogens with zero attached hydrogens (tertiary/aromatic N) is 1. The van der Waals surface area contributed by atoms with Gasteiger partial charge in [-0.25, -0.2) is 4.79 Å². The second-order valence-corrected chi connectivity index (χ2v) is 7.48. The van der Waals surface area contributed by atoms with E-state index in [1.165, 1.54) is 6.42 Å². The maximum absolute atomic E-state index is 12.0. The largest absolute Gasteiger partial charge is 0.444 e. The zero-order valence-corrected chi connectivity index (χ0v) is 12.4. The average molecular weight is 337 g/mol. The minimum atomic E-state index is -0.377. The van der Waals surface area contributed by atoms with Gasteiger partial charge in [0.15, 0.2) is 0 Å². The van der Waals surface area contributed by atoms with Gasteiger partial charge in [-0.05, 0) is 46.0 Å². The number of alkyl halides is 1. The first kappa shape index (κ1) is 12.5. The van der Waals surface area contributed by atoms with E-state index >= 15 is 0 Å². The maximum Gasteiger partial charge on any atom is 0.410 e. The Kier molecular flexibility index (Phi) is 3.39. The summed E-state index contributed by atoms with van der Waals surface area (Å²) in [6.45, 7) is 6.67. The first-order valence-corrected chi connectivity index (χ1v) is 7.25. The third kappa shape index (κ3) is 2.63. The zero-order chi connectivity index (χ0) is 11.9. The lowest BCUT2D eigenvalue weighted by Crippen LogP contribution is -2.55. The fraction of sp³-hybridized carbons (Fsp3) is 0.917. The normalized spacial score (nSPS) is 34.0. The smallest absolute Gasteiger partial charge is 0.410 e. The van der Waals surface area contributed by atoms with Crippen LogP contribution in [0.4, 0.5) is 4.79 Å². The van der Waals surface area contributed by atoms with Crippen molar-refractivity contribution in [2.45, 2.75) is 55.6 Å². The van der Waals surface area contributed by atoms with Gasteiger partial charge in [-0.3, -0.25) is 0 Å².